The minimum atomic E-state index is 0.475. The Labute approximate surface area is 111 Å². The number of hydrazone groups is 1. The lowest BCUT2D eigenvalue weighted by molar-refractivity contribution is 0.981. The summed E-state index contributed by atoms with van der Waals surface area (Å²) in [6, 6.07) is 8.14. The highest BCUT2D eigenvalue weighted by Gasteiger charge is 2.01. The van der Waals surface area contributed by atoms with Crippen molar-refractivity contribution >= 4 is 34.3 Å². The van der Waals surface area contributed by atoms with Crippen LogP contribution in [-0.4, -0.2) is 23.4 Å². The highest BCUT2D eigenvalue weighted by Crippen LogP contribution is 2.18. The highest BCUT2D eigenvalue weighted by atomic mass is 32.1. The molecule has 0 unspecified atom stereocenters. The van der Waals surface area contributed by atoms with Crippen molar-refractivity contribution in [3.8, 4) is 0 Å². The lowest BCUT2D eigenvalue weighted by Crippen LogP contribution is -2.28. The topological polar surface area (TPSA) is 49.3 Å². The fraction of sp³-hybridized carbons (Fsp3) is 0.154. The van der Waals surface area contributed by atoms with Gasteiger partial charge in [0, 0.05) is 18.6 Å². The third-order valence-electron chi connectivity index (χ3n) is 2.63. The SMILES string of the molecule is CNC(=S)N/N=C/c1nccc2c(C)cccc12. The van der Waals surface area contributed by atoms with E-state index in [-0.39, 0.29) is 0 Å². The van der Waals surface area contributed by atoms with E-state index in [2.05, 4.69) is 33.8 Å². The number of fused-ring (bicyclic) bond motifs is 1. The minimum absolute atomic E-state index is 0.475. The van der Waals surface area contributed by atoms with Crippen LogP contribution < -0.4 is 10.7 Å². The zero-order valence-corrected chi connectivity index (χ0v) is 11.1. The van der Waals surface area contributed by atoms with Crippen molar-refractivity contribution in [1.29, 1.82) is 0 Å². The van der Waals surface area contributed by atoms with Crippen molar-refractivity contribution in [3.05, 3.63) is 41.7 Å². The molecule has 2 N–H and O–H groups in total. The minimum Gasteiger partial charge on any atom is -0.364 e. The Kier molecular flexibility index (Phi) is 3.84. The molecule has 0 aliphatic heterocycles. The van der Waals surface area contributed by atoms with Crippen molar-refractivity contribution in [2.45, 2.75) is 6.92 Å². The fourth-order valence-electron chi connectivity index (χ4n) is 1.70. The second-order valence-electron chi connectivity index (χ2n) is 3.82. The standard InChI is InChI=1S/C13H14N4S/c1-9-4-3-5-11-10(9)6-7-15-12(11)8-16-17-13(18)14-2/h3-8H,1-2H3,(H2,14,17,18)/b16-8+. The van der Waals surface area contributed by atoms with Crippen molar-refractivity contribution in [1.82, 2.24) is 15.7 Å². The first-order chi connectivity index (χ1) is 8.72. The van der Waals surface area contributed by atoms with Crippen LogP contribution in [-0.2, 0) is 0 Å². The van der Waals surface area contributed by atoms with Crippen LogP contribution in [0.4, 0.5) is 0 Å². The van der Waals surface area contributed by atoms with E-state index in [0.717, 1.165) is 11.1 Å². The van der Waals surface area contributed by atoms with Crippen LogP contribution in [0.3, 0.4) is 0 Å². The Hall–Kier alpha value is -2.01. The van der Waals surface area contributed by atoms with Crippen LogP contribution >= 0.6 is 12.2 Å². The van der Waals surface area contributed by atoms with Gasteiger partial charge in [0.1, 0.15) is 0 Å². The quantitative estimate of drug-likeness (QED) is 0.491. The summed E-state index contributed by atoms with van der Waals surface area (Å²) in [5.74, 6) is 0. The predicted molar refractivity (Wildman–Crippen MR) is 78.9 cm³/mol. The van der Waals surface area contributed by atoms with Gasteiger partial charge in [0.05, 0.1) is 11.9 Å². The van der Waals surface area contributed by atoms with Gasteiger partial charge in [-0.1, -0.05) is 18.2 Å². The third kappa shape index (κ3) is 2.62. The van der Waals surface area contributed by atoms with E-state index in [9.17, 15) is 0 Å². The molecule has 18 heavy (non-hydrogen) atoms. The van der Waals surface area contributed by atoms with Gasteiger partial charge in [-0.2, -0.15) is 5.10 Å². The molecule has 92 valence electrons. The second-order valence-corrected chi connectivity index (χ2v) is 4.22. The number of hydrogen-bond donors (Lipinski definition) is 2. The molecule has 4 nitrogen and oxygen atoms in total. The first-order valence-electron chi connectivity index (χ1n) is 5.57. The van der Waals surface area contributed by atoms with E-state index >= 15 is 0 Å². The second kappa shape index (κ2) is 5.55. The molecule has 1 aromatic carbocycles. The average molecular weight is 258 g/mol. The molecular formula is C13H14N4S. The zero-order chi connectivity index (χ0) is 13.0. The molecule has 2 aromatic rings. The predicted octanol–water partition coefficient (Wildman–Crippen LogP) is 1.97. The maximum Gasteiger partial charge on any atom is 0.186 e. The molecule has 2 rings (SSSR count). The van der Waals surface area contributed by atoms with Gasteiger partial charge in [0.25, 0.3) is 0 Å². The summed E-state index contributed by atoms with van der Waals surface area (Å²) in [7, 11) is 1.74. The number of aryl methyl sites for hydroxylation is 1. The summed E-state index contributed by atoms with van der Waals surface area (Å²) in [6.45, 7) is 2.08. The van der Waals surface area contributed by atoms with Crippen molar-refractivity contribution in [2.24, 2.45) is 5.10 Å². The van der Waals surface area contributed by atoms with Gasteiger partial charge in [-0.3, -0.25) is 10.4 Å². The number of thiocarbonyl (C=S) groups is 1. The summed E-state index contributed by atoms with van der Waals surface area (Å²) in [5.41, 5.74) is 4.76. The monoisotopic (exact) mass is 258 g/mol. The number of pyridine rings is 1. The molecule has 0 aliphatic carbocycles. The van der Waals surface area contributed by atoms with Crippen LogP contribution in [0.5, 0.6) is 0 Å². The average Bonchev–Trinajstić information content (AvgIpc) is 2.39. The largest absolute Gasteiger partial charge is 0.364 e. The van der Waals surface area contributed by atoms with Gasteiger partial charge in [-0.05, 0) is 36.2 Å². The molecule has 0 amide bonds. The van der Waals surface area contributed by atoms with Crippen molar-refractivity contribution < 1.29 is 0 Å². The number of nitrogens with zero attached hydrogens (tertiary/aromatic N) is 2. The Morgan fingerprint density at radius 1 is 1.33 bits per heavy atom. The van der Waals surface area contributed by atoms with Gasteiger partial charge in [0.2, 0.25) is 0 Å². The molecule has 1 aromatic heterocycles. The van der Waals surface area contributed by atoms with E-state index < -0.39 is 0 Å². The summed E-state index contributed by atoms with van der Waals surface area (Å²) >= 11 is 4.93. The maximum atomic E-state index is 4.93. The molecule has 5 heteroatoms. The highest BCUT2D eigenvalue weighted by molar-refractivity contribution is 7.80. The Bertz CT molecular complexity index is 607. The lowest BCUT2D eigenvalue weighted by Gasteiger charge is -2.04. The lowest BCUT2D eigenvalue weighted by atomic mass is 10.1. The van der Waals surface area contributed by atoms with Gasteiger partial charge in [-0.25, -0.2) is 0 Å². The number of hydrogen-bond acceptors (Lipinski definition) is 3. The molecular weight excluding hydrogens is 244 g/mol. The molecule has 0 saturated heterocycles. The fourth-order valence-corrected chi connectivity index (χ4v) is 1.75. The molecule has 0 radical (unpaired) electrons. The van der Waals surface area contributed by atoms with Crippen LogP contribution in [0.15, 0.2) is 35.6 Å². The van der Waals surface area contributed by atoms with E-state index in [1.165, 1.54) is 10.9 Å². The maximum absolute atomic E-state index is 4.93. The molecule has 0 saturated carbocycles. The molecule has 0 aliphatic rings. The van der Waals surface area contributed by atoms with E-state index in [4.69, 9.17) is 12.2 Å². The van der Waals surface area contributed by atoms with Crippen LogP contribution in [0.25, 0.3) is 10.8 Å². The van der Waals surface area contributed by atoms with Gasteiger partial charge < -0.3 is 5.32 Å². The van der Waals surface area contributed by atoms with Crippen LogP contribution in [0.2, 0.25) is 0 Å². The summed E-state index contributed by atoms with van der Waals surface area (Å²) in [5, 5.41) is 9.58. The normalized spacial score (nSPS) is 10.8. The number of aromatic nitrogens is 1. The summed E-state index contributed by atoms with van der Waals surface area (Å²) in [4.78, 5) is 4.32. The van der Waals surface area contributed by atoms with E-state index in [0.29, 0.717) is 5.11 Å². The molecule has 0 atom stereocenters. The van der Waals surface area contributed by atoms with Gasteiger partial charge in [-0.15, -0.1) is 0 Å². The van der Waals surface area contributed by atoms with Crippen LogP contribution in [0.1, 0.15) is 11.3 Å². The summed E-state index contributed by atoms with van der Waals surface area (Å²) < 4.78 is 0. The van der Waals surface area contributed by atoms with Crippen molar-refractivity contribution in [2.75, 3.05) is 7.05 Å². The molecule has 0 fully saturated rings. The van der Waals surface area contributed by atoms with E-state index in [1.54, 1.807) is 19.5 Å². The first kappa shape index (κ1) is 12.4. The Morgan fingerprint density at radius 3 is 2.94 bits per heavy atom. The number of nitrogens with one attached hydrogen (secondary N) is 2. The van der Waals surface area contributed by atoms with Crippen molar-refractivity contribution in [3.63, 3.8) is 0 Å². The Balaban J connectivity index is 2.34. The Morgan fingerprint density at radius 2 is 2.17 bits per heavy atom. The summed E-state index contributed by atoms with van der Waals surface area (Å²) in [6.07, 6.45) is 3.46. The first-order valence-corrected chi connectivity index (χ1v) is 5.98. The zero-order valence-electron chi connectivity index (χ0n) is 10.3. The smallest absolute Gasteiger partial charge is 0.186 e. The molecule has 0 spiro atoms. The number of rotatable bonds is 2. The van der Waals surface area contributed by atoms with Gasteiger partial charge in [0.15, 0.2) is 5.11 Å². The number of benzene rings is 1. The molecule has 0 bridgehead atoms. The van der Waals surface area contributed by atoms with E-state index in [1.807, 2.05) is 18.2 Å². The molecule has 1 heterocycles. The van der Waals surface area contributed by atoms with Crippen LogP contribution in [0, 0.1) is 6.92 Å². The third-order valence-corrected chi connectivity index (χ3v) is 2.93. The van der Waals surface area contributed by atoms with Gasteiger partial charge >= 0.3 is 0 Å².